The molecule has 3 aromatic rings. The molecule has 1 aromatic carbocycles. The molecule has 0 radical (unpaired) electrons. The van der Waals surface area contributed by atoms with Crippen LogP contribution in [0, 0.1) is 18.8 Å². The van der Waals surface area contributed by atoms with Crippen molar-refractivity contribution in [3.05, 3.63) is 35.7 Å². The third kappa shape index (κ3) is 3.01. The van der Waals surface area contributed by atoms with Gasteiger partial charge in [0.15, 0.2) is 5.82 Å². The van der Waals surface area contributed by atoms with Crippen LogP contribution in [0.2, 0.25) is 0 Å². The minimum absolute atomic E-state index is 0.309. The number of aryl methyl sites for hydroxylation is 1. The fourth-order valence-corrected chi connectivity index (χ4v) is 3.84. The maximum Gasteiger partial charge on any atom is 0.267 e. The molecule has 27 heavy (non-hydrogen) atoms. The number of rotatable bonds is 1. The average Bonchev–Trinajstić information content (AvgIpc) is 3.20. The Morgan fingerprint density at radius 1 is 1.37 bits per heavy atom. The van der Waals surface area contributed by atoms with E-state index in [0.29, 0.717) is 24.3 Å². The first kappa shape index (κ1) is 17.4. The van der Waals surface area contributed by atoms with Crippen molar-refractivity contribution < 1.29 is 9.90 Å². The zero-order chi connectivity index (χ0) is 19.2. The van der Waals surface area contributed by atoms with Crippen LogP contribution in [0.15, 0.2) is 24.5 Å². The molecule has 1 atom stereocenters. The van der Waals surface area contributed by atoms with Crippen molar-refractivity contribution in [2.75, 3.05) is 19.3 Å². The van der Waals surface area contributed by atoms with E-state index >= 15 is 0 Å². The van der Waals surface area contributed by atoms with Crippen LogP contribution < -0.4 is 5.73 Å². The smallest absolute Gasteiger partial charge is 0.267 e. The fourth-order valence-electron chi connectivity index (χ4n) is 2.92. The summed E-state index contributed by atoms with van der Waals surface area (Å²) >= 11 is 1.42. The van der Waals surface area contributed by atoms with E-state index in [0.717, 1.165) is 26.5 Å². The Bertz CT molecular complexity index is 1130. The number of hydrogen-bond acceptors (Lipinski definition) is 7. The first-order valence-corrected chi connectivity index (χ1v) is 9.18. The van der Waals surface area contributed by atoms with Gasteiger partial charge in [-0.25, -0.2) is 15.0 Å². The molecule has 1 aliphatic rings. The lowest BCUT2D eigenvalue weighted by atomic mass is 10.0. The van der Waals surface area contributed by atoms with Gasteiger partial charge in [0, 0.05) is 31.1 Å². The van der Waals surface area contributed by atoms with E-state index < -0.39 is 5.60 Å². The molecule has 0 bridgehead atoms. The molecule has 0 aliphatic carbocycles. The van der Waals surface area contributed by atoms with Crippen molar-refractivity contribution in [1.82, 2.24) is 19.9 Å². The normalized spacial score (nSPS) is 19.4. The highest BCUT2D eigenvalue weighted by Crippen LogP contribution is 2.31. The summed E-state index contributed by atoms with van der Waals surface area (Å²) in [5.41, 5.74) is 7.39. The molecule has 1 fully saturated rings. The van der Waals surface area contributed by atoms with Crippen molar-refractivity contribution in [2.45, 2.75) is 18.9 Å². The molecule has 1 amide bonds. The SMILES string of the molecule is Cc1ccc(-c2nc3c(N)ncnc3s2)cc1C#CC1(O)CCN(C)C1=O. The maximum absolute atomic E-state index is 12.1. The highest BCUT2D eigenvalue weighted by Gasteiger charge is 2.42. The van der Waals surface area contributed by atoms with Crippen molar-refractivity contribution in [3.63, 3.8) is 0 Å². The Hall–Kier alpha value is -3.02. The topological polar surface area (TPSA) is 105 Å². The Morgan fingerprint density at radius 3 is 2.89 bits per heavy atom. The van der Waals surface area contributed by atoms with Crippen LogP contribution in [-0.2, 0) is 4.79 Å². The van der Waals surface area contributed by atoms with Gasteiger partial charge in [0.2, 0.25) is 5.60 Å². The predicted molar refractivity (Wildman–Crippen MR) is 104 cm³/mol. The Kier molecular flexibility index (Phi) is 4.06. The van der Waals surface area contributed by atoms with Crippen LogP contribution >= 0.6 is 11.3 Å². The second kappa shape index (κ2) is 6.30. The molecule has 4 rings (SSSR count). The zero-order valence-corrected chi connectivity index (χ0v) is 15.7. The van der Waals surface area contributed by atoms with Gasteiger partial charge in [0.1, 0.15) is 21.7 Å². The number of carbonyl (C=O) groups excluding carboxylic acids is 1. The number of nitrogens with two attached hydrogens (primary N) is 1. The van der Waals surface area contributed by atoms with Gasteiger partial charge in [-0.3, -0.25) is 4.79 Å². The molecule has 136 valence electrons. The van der Waals surface area contributed by atoms with Gasteiger partial charge in [0.05, 0.1) is 0 Å². The summed E-state index contributed by atoms with van der Waals surface area (Å²) in [4.78, 5) is 27.0. The Labute approximate surface area is 159 Å². The number of anilines is 1. The van der Waals surface area contributed by atoms with Gasteiger partial charge in [-0.05, 0) is 18.6 Å². The number of likely N-dealkylation sites (tertiary alicyclic amines) is 1. The average molecular weight is 379 g/mol. The number of carbonyl (C=O) groups is 1. The molecule has 1 aliphatic heterocycles. The van der Waals surface area contributed by atoms with E-state index in [1.807, 2.05) is 25.1 Å². The summed E-state index contributed by atoms with van der Waals surface area (Å²) in [6.45, 7) is 2.43. The van der Waals surface area contributed by atoms with Crippen molar-refractivity contribution in [2.24, 2.45) is 0 Å². The molecule has 3 N–H and O–H groups in total. The van der Waals surface area contributed by atoms with Crippen LogP contribution in [0.25, 0.3) is 20.9 Å². The summed E-state index contributed by atoms with van der Waals surface area (Å²) in [7, 11) is 1.66. The van der Waals surface area contributed by atoms with E-state index in [2.05, 4.69) is 26.8 Å². The number of hydrogen-bond donors (Lipinski definition) is 2. The van der Waals surface area contributed by atoms with Crippen LogP contribution in [0.3, 0.4) is 0 Å². The lowest BCUT2D eigenvalue weighted by Gasteiger charge is -2.13. The lowest BCUT2D eigenvalue weighted by molar-refractivity contribution is -0.137. The largest absolute Gasteiger partial charge is 0.382 e. The Morgan fingerprint density at radius 2 is 2.19 bits per heavy atom. The second-order valence-corrected chi connectivity index (χ2v) is 7.53. The van der Waals surface area contributed by atoms with Gasteiger partial charge in [-0.15, -0.1) is 0 Å². The van der Waals surface area contributed by atoms with Gasteiger partial charge in [0.25, 0.3) is 5.91 Å². The predicted octanol–water partition coefficient (Wildman–Crippen LogP) is 1.59. The Balaban J connectivity index is 1.73. The molecule has 1 unspecified atom stereocenters. The second-order valence-electron chi connectivity index (χ2n) is 6.55. The van der Waals surface area contributed by atoms with Crippen LogP contribution in [0.1, 0.15) is 17.5 Å². The van der Waals surface area contributed by atoms with Crippen LogP contribution in [0.4, 0.5) is 5.82 Å². The van der Waals surface area contributed by atoms with Crippen molar-refractivity contribution in [3.8, 4) is 22.4 Å². The monoisotopic (exact) mass is 379 g/mol. The molecule has 0 saturated carbocycles. The molecule has 2 aromatic heterocycles. The minimum atomic E-state index is -1.61. The number of amides is 1. The summed E-state index contributed by atoms with van der Waals surface area (Å²) < 4.78 is 0. The standard InChI is InChI=1S/C19H17N5O2S/c1-11-3-4-13(16-23-14-15(20)21-10-22-17(14)27-16)9-12(11)5-6-19(26)7-8-24(2)18(19)25/h3-4,9-10,26H,7-8H2,1-2H3,(H2,20,21,22). The van der Waals surface area contributed by atoms with Crippen LogP contribution in [-0.4, -0.2) is 50.1 Å². The van der Waals surface area contributed by atoms with E-state index in [1.54, 1.807) is 7.05 Å². The van der Waals surface area contributed by atoms with Gasteiger partial charge >= 0.3 is 0 Å². The van der Waals surface area contributed by atoms with E-state index in [9.17, 15) is 9.90 Å². The number of fused-ring (bicyclic) bond motifs is 1. The number of nitrogens with zero attached hydrogens (tertiary/aromatic N) is 4. The first-order chi connectivity index (χ1) is 12.9. The summed E-state index contributed by atoms with van der Waals surface area (Å²) in [6.07, 6.45) is 1.73. The summed E-state index contributed by atoms with van der Waals surface area (Å²) in [5, 5.41) is 11.3. The third-order valence-electron chi connectivity index (χ3n) is 4.62. The van der Waals surface area contributed by atoms with Gasteiger partial charge in [-0.2, -0.15) is 0 Å². The van der Waals surface area contributed by atoms with Gasteiger partial charge < -0.3 is 15.7 Å². The van der Waals surface area contributed by atoms with E-state index in [4.69, 9.17) is 5.73 Å². The van der Waals surface area contributed by atoms with Gasteiger partial charge in [-0.1, -0.05) is 35.3 Å². The molecule has 7 nitrogen and oxygen atoms in total. The number of benzene rings is 1. The van der Waals surface area contributed by atoms with E-state index in [1.165, 1.54) is 22.6 Å². The quantitative estimate of drug-likeness (QED) is 0.622. The minimum Gasteiger partial charge on any atom is -0.382 e. The number of aromatic nitrogens is 3. The highest BCUT2D eigenvalue weighted by atomic mass is 32.1. The van der Waals surface area contributed by atoms with Crippen molar-refractivity contribution >= 4 is 33.4 Å². The third-order valence-corrected chi connectivity index (χ3v) is 5.63. The highest BCUT2D eigenvalue weighted by molar-refractivity contribution is 7.21. The maximum atomic E-state index is 12.1. The molecular weight excluding hydrogens is 362 g/mol. The molecule has 3 heterocycles. The molecule has 8 heteroatoms. The van der Waals surface area contributed by atoms with E-state index in [-0.39, 0.29) is 5.91 Å². The number of nitrogen functional groups attached to an aromatic ring is 1. The molecule has 1 saturated heterocycles. The van der Waals surface area contributed by atoms with Crippen LogP contribution in [0.5, 0.6) is 0 Å². The first-order valence-electron chi connectivity index (χ1n) is 8.36. The number of likely N-dealkylation sites (N-methyl/N-ethyl adjacent to an activating group) is 1. The number of aliphatic hydroxyl groups is 1. The number of thiazole rings is 1. The fraction of sp³-hybridized carbons (Fsp3) is 0.263. The molecular formula is C19H17N5O2S. The zero-order valence-electron chi connectivity index (χ0n) is 14.9. The lowest BCUT2D eigenvalue weighted by Crippen LogP contribution is -2.37. The molecule has 0 spiro atoms. The summed E-state index contributed by atoms with van der Waals surface area (Å²) in [6, 6.07) is 5.79. The van der Waals surface area contributed by atoms with Crippen molar-refractivity contribution in [1.29, 1.82) is 0 Å². The summed E-state index contributed by atoms with van der Waals surface area (Å²) in [5.74, 6) is 5.73.